The van der Waals surface area contributed by atoms with E-state index in [1.54, 1.807) is 6.07 Å². The van der Waals surface area contributed by atoms with Crippen LogP contribution in [0.5, 0.6) is 0 Å². The highest BCUT2D eigenvalue weighted by atomic mass is 79.9. The number of hydrogen-bond acceptors (Lipinski definition) is 3. The van der Waals surface area contributed by atoms with E-state index in [9.17, 15) is 4.79 Å². The van der Waals surface area contributed by atoms with Gasteiger partial charge in [0.25, 0.3) is 5.91 Å². The molecule has 0 bridgehead atoms. The Balaban J connectivity index is 1.90. The van der Waals surface area contributed by atoms with Gasteiger partial charge in [-0.2, -0.15) is 0 Å². The summed E-state index contributed by atoms with van der Waals surface area (Å²) in [5, 5.41) is 5.31. The molecule has 3 N–H and O–H groups in total. The number of nitrogens with two attached hydrogens (primary N) is 1. The molecule has 0 saturated carbocycles. The molecule has 0 aliphatic rings. The third kappa shape index (κ3) is 3.19. The van der Waals surface area contributed by atoms with Crippen LogP contribution in [0.15, 0.2) is 59.2 Å². The van der Waals surface area contributed by atoms with Gasteiger partial charge in [-0.25, -0.2) is 4.98 Å². The fourth-order valence-corrected chi connectivity index (χ4v) is 3.01. The fourth-order valence-electron chi connectivity index (χ4n) is 2.61. The molecule has 3 aromatic rings. The van der Waals surface area contributed by atoms with E-state index in [2.05, 4.69) is 44.4 Å². The molecule has 1 heterocycles. The Kier molecular flexibility index (Phi) is 4.30. The number of carbonyl (C=O) groups is 1. The maximum Gasteiger partial charge on any atom is 0.253 e. The lowest BCUT2D eigenvalue weighted by atomic mass is 9.99. The Labute approximate surface area is 142 Å². The Morgan fingerprint density at radius 3 is 2.78 bits per heavy atom. The predicted molar refractivity (Wildman–Crippen MR) is 96.2 cm³/mol. The van der Waals surface area contributed by atoms with Gasteiger partial charge >= 0.3 is 0 Å². The summed E-state index contributed by atoms with van der Waals surface area (Å²) in [6, 6.07) is 15.7. The van der Waals surface area contributed by atoms with Crippen LogP contribution in [0.2, 0.25) is 0 Å². The molecule has 1 amide bonds. The average molecular weight is 370 g/mol. The highest BCUT2D eigenvalue weighted by molar-refractivity contribution is 9.10. The normalized spacial score (nSPS) is 12.1. The van der Waals surface area contributed by atoms with Crippen LogP contribution in [-0.4, -0.2) is 10.9 Å². The van der Waals surface area contributed by atoms with E-state index in [0.29, 0.717) is 15.9 Å². The van der Waals surface area contributed by atoms with Crippen LogP contribution in [-0.2, 0) is 0 Å². The number of nitrogen functional groups attached to an aromatic ring is 1. The van der Waals surface area contributed by atoms with Crippen molar-refractivity contribution in [3.8, 4) is 0 Å². The van der Waals surface area contributed by atoms with E-state index in [1.807, 2.05) is 31.2 Å². The minimum Gasteiger partial charge on any atom is -0.384 e. The van der Waals surface area contributed by atoms with Crippen molar-refractivity contribution in [2.45, 2.75) is 13.0 Å². The van der Waals surface area contributed by atoms with Crippen LogP contribution in [0.1, 0.15) is 28.9 Å². The second-order valence-electron chi connectivity index (χ2n) is 5.35. The van der Waals surface area contributed by atoms with Gasteiger partial charge in [0, 0.05) is 10.7 Å². The second-order valence-corrected chi connectivity index (χ2v) is 6.21. The summed E-state index contributed by atoms with van der Waals surface area (Å²) in [4.78, 5) is 16.5. The zero-order valence-electron chi connectivity index (χ0n) is 12.6. The summed E-state index contributed by atoms with van der Waals surface area (Å²) in [7, 11) is 0. The van der Waals surface area contributed by atoms with E-state index < -0.39 is 0 Å². The SMILES string of the molecule is CC(NC(=O)c1cc(N)ncc1Br)c1cccc2ccccc12. The number of pyridine rings is 1. The van der Waals surface area contributed by atoms with Crippen LogP contribution < -0.4 is 11.1 Å². The second kappa shape index (κ2) is 6.38. The zero-order valence-corrected chi connectivity index (χ0v) is 14.2. The standard InChI is InChI=1S/C18H16BrN3O/c1-11(13-8-4-6-12-5-2-3-7-14(12)13)22-18(23)15-9-17(20)21-10-16(15)19/h2-11H,1H3,(H2,20,21)(H,22,23). The molecule has 23 heavy (non-hydrogen) atoms. The molecule has 1 unspecified atom stereocenters. The van der Waals surface area contributed by atoms with Crippen molar-refractivity contribution < 1.29 is 4.79 Å². The summed E-state index contributed by atoms with van der Waals surface area (Å²) in [5.41, 5.74) is 7.22. The Bertz CT molecular complexity index is 874. The summed E-state index contributed by atoms with van der Waals surface area (Å²) in [5.74, 6) is 0.127. The lowest BCUT2D eigenvalue weighted by molar-refractivity contribution is 0.0939. The molecule has 4 nitrogen and oxygen atoms in total. The van der Waals surface area contributed by atoms with Crippen molar-refractivity contribution >= 4 is 38.4 Å². The number of benzene rings is 2. The van der Waals surface area contributed by atoms with Crippen LogP contribution in [0.4, 0.5) is 5.82 Å². The van der Waals surface area contributed by atoms with Gasteiger partial charge in [-0.3, -0.25) is 4.79 Å². The maximum absolute atomic E-state index is 12.5. The van der Waals surface area contributed by atoms with Gasteiger partial charge in [0.15, 0.2) is 0 Å². The van der Waals surface area contributed by atoms with Crippen molar-refractivity contribution in [3.05, 3.63) is 70.3 Å². The van der Waals surface area contributed by atoms with E-state index in [-0.39, 0.29) is 11.9 Å². The third-order valence-electron chi connectivity index (χ3n) is 3.76. The van der Waals surface area contributed by atoms with Gasteiger partial charge in [-0.15, -0.1) is 0 Å². The van der Waals surface area contributed by atoms with Gasteiger partial charge < -0.3 is 11.1 Å². The molecule has 0 fully saturated rings. The lowest BCUT2D eigenvalue weighted by Crippen LogP contribution is -2.27. The fraction of sp³-hybridized carbons (Fsp3) is 0.111. The van der Waals surface area contributed by atoms with Gasteiger partial charge in [0.05, 0.1) is 11.6 Å². The Morgan fingerprint density at radius 2 is 1.96 bits per heavy atom. The Hall–Kier alpha value is -2.40. The lowest BCUT2D eigenvalue weighted by Gasteiger charge is -2.17. The first kappa shape index (κ1) is 15.5. The van der Waals surface area contributed by atoms with Crippen LogP contribution in [0.3, 0.4) is 0 Å². The minimum atomic E-state index is -0.189. The molecule has 0 aliphatic heterocycles. The molecule has 2 aromatic carbocycles. The van der Waals surface area contributed by atoms with Crippen LogP contribution in [0, 0.1) is 0 Å². The van der Waals surface area contributed by atoms with E-state index in [4.69, 9.17) is 5.73 Å². The quantitative estimate of drug-likeness (QED) is 0.730. The van der Waals surface area contributed by atoms with Gasteiger partial charge in [-0.05, 0) is 45.3 Å². The van der Waals surface area contributed by atoms with Gasteiger partial charge in [0.2, 0.25) is 0 Å². The van der Waals surface area contributed by atoms with Crippen LogP contribution in [0.25, 0.3) is 10.8 Å². The number of halogens is 1. The summed E-state index contributed by atoms with van der Waals surface area (Å²) < 4.78 is 0.620. The van der Waals surface area contributed by atoms with Gasteiger partial charge in [0.1, 0.15) is 5.82 Å². The van der Waals surface area contributed by atoms with Crippen LogP contribution >= 0.6 is 15.9 Å². The van der Waals surface area contributed by atoms with Crippen molar-refractivity contribution in [2.24, 2.45) is 0 Å². The number of fused-ring (bicyclic) bond motifs is 1. The number of rotatable bonds is 3. The molecule has 0 saturated heterocycles. The molecule has 0 radical (unpaired) electrons. The minimum absolute atomic E-state index is 0.130. The molecular formula is C18H16BrN3O. The molecule has 3 rings (SSSR count). The van der Waals surface area contributed by atoms with Crippen molar-refractivity contribution in [2.75, 3.05) is 5.73 Å². The first-order valence-corrected chi connectivity index (χ1v) is 8.05. The zero-order chi connectivity index (χ0) is 16.4. The van der Waals surface area contributed by atoms with Gasteiger partial charge in [-0.1, -0.05) is 42.5 Å². The highest BCUT2D eigenvalue weighted by Crippen LogP contribution is 2.25. The van der Waals surface area contributed by atoms with Crippen molar-refractivity contribution in [1.82, 2.24) is 10.3 Å². The molecule has 116 valence electrons. The maximum atomic E-state index is 12.5. The molecule has 1 atom stereocenters. The predicted octanol–water partition coefficient (Wildman–Crippen LogP) is 4.07. The molecule has 0 spiro atoms. The first-order chi connectivity index (χ1) is 11.1. The number of hydrogen-bond donors (Lipinski definition) is 2. The molecule has 1 aromatic heterocycles. The monoisotopic (exact) mass is 369 g/mol. The number of nitrogens with one attached hydrogen (secondary N) is 1. The van der Waals surface area contributed by atoms with E-state index >= 15 is 0 Å². The number of amides is 1. The molecular weight excluding hydrogens is 354 g/mol. The van der Waals surface area contributed by atoms with Crippen molar-refractivity contribution in [1.29, 1.82) is 0 Å². The number of aromatic nitrogens is 1. The summed E-state index contributed by atoms with van der Waals surface area (Å²) in [6.45, 7) is 1.97. The highest BCUT2D eigenvalue weighted by Gasteiger charge is 2.16. The molecule has 5 heteroatoms. The number of carbonyl (C=O) groups excluding carboxylic acids is 1. The van der Waals surface area contributed by atoms with E-state index in [1.165, 1.54) is 6.20 Å². The number of nitrogens with zero attached hydrogens (tertiary/aromatic N) is 1. The summed E-state index contributed by atoms with van der Waals surface area (Å²) >= 11 is 3.34. The number of anilines is 1. The topological polar surface area (TPSA) is 68.0 Å². The van der Waals surface area contributed by atoms with Crippen molar-refractivity contribution in [3.63, 3.8) is 0 Å². The average Bonchev–Trinajstić information content (AvgIpc) is 2.56. The first-order valence-electron chi connectivity index (χ1n) is 7.26. The summed E-state index contributed by atoms with van der Waals surface area (Å²) in [6.07, 6.45) is 1.53. The van der Waals surface area contributed by atoms with E-state index in [0.717, 1.165) is 16.3 Å². The third-order valence-corrected chi connectivity index (χ3v) is 4.39. The smallest absolute Gasteiger partial charge is 0.253 e. The largest absolute Gasteiger partial charge is 0.384 e. The Morgan fingerprint density at radius 1 is 1.22 bits per heavy atom. The molecule has 0 aliphatic carbocycles.